The van der Waals surface area contributed by atoms with Crippen LogP contribution in [0.1, 0.15) is 19.8 Å². The normalized spacial score (nSPS) is 20.1. The number of halogens is 1. The smallest absolute Gasteiger partial charge is 0.211 e. The molecule has 1 heterocycles. The van der Waals surface area contributed by atoms with Gasteiger partial charge in [-0.3, -0.25) is 0 Å². The summed E-state index contributed by atoms with van der Waals surface area (Å²) < 4.78 is 25.8. The molecule has 0 bridgehead atoms. The monoisotopic (exact) mass is 268 g/mol. The van der Waals surface area contributed by atoms with Crippen LogP contribution >= 0.6 is 11.6 Å². The van der Waals surface area contributed by atoms with E-state index in [4.69, 9.17) is 11.6 Å². The van der Waals surface area contributed by atoms with Gasteiger partial charge in [0.1, 0.15) is 0 Å². The molecule has 1 atom stereocenters. The van der Waals surface area contributed by atoms with Crippen LogP contribution in [0.3, 0.4) is 0 Å². The van der Waals surface area contributed by atoms with Gasteiger partial charge in [0.25, 0.3) is 0 Å². The number of nitrogens with zero attached hydrogens (tertiary/aromatic N) is 1. The molecule has 4 nitrogen and oxygen atoms in total. The largest absolute Gasteiger partial charge is 0.302 e. The quantitative estimate of drug-likeness (QED) is 0.698. The second-order valence-corrected chi connectivity index (χ2v) is 6.64. The van der Waals surface area contributed by atoms with Crippen LogP contribution in [0.2, 0.25) is 0 Å². The van der Waals surface area contributed by atoms with E-state index < -0.39 is 10.0 Å². The van der Waals surface area contributed by atoms with Gasteiger partial charge in [-0.1, -0.05) is 6.92 Å². The Balaban J connectivity index is 2.19. The molecule has 0 amide bonds. The van der Waals surface area contributed by atoms with Crippen LogP contribution in [0.4, 0.5) is 0 Å². The number of rotatable bonds is 7. The molecule has 0 aromatic heterocycles. The third-order valence-electron chi connectivity index (χ3n) is 2.72. The van der Waals surface area contributed by atoms with Crippen molar-refractivity contribution in [1.29, 1.82) is 0 Å². The van der Waals surface area contributed by atoms with Crippen LogP contribution in [-0.2, 0) is 10.0 Å². The zero-order valence-corrected chi connectivity index (χ0v) is 11.4. The van der Waals surface area contributed by atoms with E-state index in [-0.39, 0.29) is 11.7 Å². The summed E-state index contributed by atoms with van der Waals surface area (Å²) in [7, 11) is -3.15. The van der Waals surface area contributed by atoms with E-state index >= 15 is 0 Å². The van der Waals surface area contributed by atoms with Gasteiger partial charge in [0, 0.05) is 19.0 Å². The Morgan fingerprint density at radius 2 is 2.00 bits per heavy atom. The SMILES string of the molecule is CC(CCl)CS(=O)(=O)NCCN1CCCC1. The molecule has 6 heteroatoms. The lowest BCUT2D eigenvalue weighted by Gasteiger charge is -2.15. The summed E-state index contributed by atoms with van der Waals surface area (Å²) in [6, 6.07) is 0. The molecule has 0 aliphatic carbocycles. The van der Waals surface area contributed by atoms with Gasteiger partial charge in [-0.15, -0.1) is 11.6 Å². The Morgan fingerprint density at radius 1 is 1.38 bits per heavy atom. The van der Waals surface area contributed by atoms with E-state index in [0.717, 1.165) is 19.6 Å². The molecule has 1 N–H and O–H groups in total. The fourth-order valence-corrected chi connectivity index (χ4v) is 3.47. The third kappa shape index (κ3) is 5.48. The van der Waals surface area contributed by atoms with E-state index in [1.165, 1.54) is 12.8 Å². The fraction of sp³-hybridized carbons (Fsp3) is 1.00. The Hall–Kier alpha value is 0.160. The van der Waals surface area contributed by atoms with E-state index in [1.807, 2.05) is 6.92 Å². The lowest BCUT2D eigenvalue weighted by atomic mass is 10.3. The summed E-state index contributed by atoms with van der Waals surface area (Å²) in [5.74, 6) is 0.509. The molecule has 0 spiro atoms. The van der Waals surface area contributed by atoms with Crippen molar-refractivity contribution < 1.29 is 8.42 Å². The predicted octanol–water partition coefficient (Wildman–Crippen LogP) is 0.876. The number of hydrogen-bond acceptors (Lipinski definition) is 3. The molecule has 96 valence electrons. The topological polar surface area (TPSA) is 49.4 Å². The van der Waals surface area contributed by atoms with E-state index in [9.17, 15) is 8.42 Å². The van der Waals surface area contributed by atoms with E-state index in [1.54, 1.807) is 0 Å². The second-order valence-electron chi connectivity index (χ2n) is 4.48. The molecule has 1 fully saturated rings. The standard InChI is InChI=1S/C10H21ClN2O2S/c1-10(8-11)9-16(14,15)12-4-7-13-5-2-3-6-13/h10,12H,2-9H2,1H3. The first-order chi connectivity index (χ1) is 7.53. The number of nitrogens with one attached hydrogen (secondary N) is 1. The predicted molar refractivity (Wildman–Crippen MR) is 67.3 cm³/mol. The average molecular weight is 269 g/mol. The van der Waals surface area contributed by atoms with E-state index in [0.29, 0.717) is 12.4 Å². The third-order valence-corrected chi connectivity index (χ3v) is 4.89. The molecule has 1 rings (SSSR count). The van der Waals surface area contributed by atoms with Crippen LogP contribution in [0.5, 0.6) is 0 Å². The lowest BCUT2D eigenvalue weighted by molar-refractivity contribution is 0.344. The number of hydrogen-bond donors (Lipinski definition) is 1. The Bertz CT molecular complexity index is 289. The lowest BCUT2D eigenvalue weighted by Crippen LogP contribution is -2.36. The maximum absolute atomic E-state index is 11.6. The van der Waals surface area contributed by atoms with Gasteiger partial charge in [-0.25, -0.2) is 13.1 Å². The minimum absolute atomic E-state index is 0.00551. The molecule has 0 aromatic carbocycles. The summed E-state index contributed by atoms with van der Waals surface area (Å²) in [6.07, 6.45) is 2.46. The van der Waals surface area contributed by atoms with Crippen molar-refractivity contribution in [2.45, 2.75) is 19.8 Å². The van der Waals surface area contributed by atoms with Crippen LogP contribution < -0.4 is 4.72 Å². The zero-order chi connectivity index (χ0) is 12.0. The highest BCUT2D eigenvalue weighted by atomic mass is 35.5. The van der Waals surface area contributed by atoms with Crippen LogP contribution in [0.15, 0.2) is 0 Å². The summed E-state index contributed by atoms with van der Waals surface area (Å²) >= 11 is 5.60. The Morgan fingerprint density at radius 3 is 2.56 bits per heavy atom. The summed E-state index contributed by atoms with van der Waals surface area (Å²) in [5.41, 5.74) is 0. The summed E-state index contributed by atoms with van der Waals surface area (Å²) in [4.78, 5) is 2.29. The fourth-order valence-electron chi connectivity index (χ4n) is 1.84. The molecule has 1 aliphatic heterocycles. The van der Waals surface area contributed by atoms with Crippen LogP contribution in [-0.4, -0.2) is 51.1 Å². The van der Waals surface area contributed by atoms with Gasteiger partial charge in [0.2, 0.25) is 10.0 Å². The minimum atomic E-state index is -3.15. The number of sulfonamides is 1. The molecule has 0 radical (unpaired) electrons. The molecule has 1 saturated heterocycles. The molecular weight excluding hydrogens is 248 g/mol. The average Bonchev–Trinajstić information content (AvgIpc) is 2.69. The number of likely N-dealkylation sites (tertiary alicyclic amines) is 1. The van der Waals surface area contributed by atoms with Gasteiger partial charge in [0.15, 0.2) is 0 Å². The van der Waals surface area contributed by atoms with Crippen LogP contribution in [0.25, 0.3) is 0 Å². The molecule has 1 aliphatic rings. The highest BCUT2D eigenvalue weighted by molar-refractivity contribution is 7.89. The van der Waals surface area contributed by atoms with Crippen molar-refractivity contribution >= 4 is 21.6 Å². The van der Waals surface area contributed by atoms with Crippen LogP contribution in [0, 0.1) is 5.92 Å². The zero-order valence-electron chi connectivity index (χ0n) is 9.78. The Labute approximate surface area is 103 Å². The second kappa shape index (κ2) is 6.79. The highest BCUT2D eigenvalue weighted by Crippen LogP contribution is 2.06. The summed E-state index contributed by atoms with van der Waals surface area (Å²) in [5, 5.41) is 0. The van der Waals surface area contributed by atoms with Gasteiger partial charge >= 0.3 is 0 Å². The van der Waals surface area contributed by atoms with Gasteiger partial charge in [-0.2, -0.15) is 0 Å². The first-order valence-electron chi connectivity index (χ1n) is 5.79. The number of alkyl halides is 1. The molecule has 1 unspecified atom stereocenters. The van der Waals surface area contributed by atoms with Gasteiger partial charge in [0.05, 0.1) is 5.75 Å². The minimum Gasteiger partial charge on any atom is -0.302 e. The van der Waals surface area contributed by atoms with Crippen molar-refractivity contribution in [2.24, 2.45) is 5.92 Å². The van der Waals surface area contributed by atoms with Gasteiger partial charge < -0.3 is 4.90 Å². The maximum Gasteiger partial charge on any atom is 0.211 e. The molecule has 0 aromatic rings. The Kier molecular flexibility index (Phi) is 6.03. The van der Waals surface area contributed by atoms with Gasteiger partial charge in [-0.05, 0) is 31.8 Å². The molecular formula is C10H21ClN2O2S. The molecule has 16 heavy (non-hydrogen) atoms. The maximum atomic E-state index is 11.6. The molecule has 0 saturated carbocycles. The summed E-state index contributed by atoms with van der Waals surface area (Å²) in [6.45, 7) is 5.36. The van der Waals surface area contributed by atoms with Crippen molar-refractivity contribution in [3.05, 3.63) is 0 Å². The first-order valence-corrected chi connectivity index (χ1v) is 7.98. The van der Waals surface area contributed by atoms with Crippen molar-refractivity contribution in [3.63, 3.8) is 0 Å². The van der Waals surface area contributed by atoms with Crippen molar-refractivity contribution in [1.82, 2.24) is 9.62 Å². The first kappa shape index (κ1) is 14.2. The highest BCUT2D eigenvalue weighted by Gasteiger charge is 2.16. The van der Waals surface area contributed by atoms with E-state index in [2.05, 4.69) is 9.62 Å². The van der Waals surface area contributed by atoms with Crippen molar-refractivity contribution in [2.75, 3.05) is 37.8 Å². The van der Waals surface area contributed by atoms with Crippen molar-refractivity contribution in [3.8, 4) is 0 Å².